The van der Waals surface area contributed by atoms with Crippen LogP contribution in [0.25, 0.3) is 11.0 Å². The number of nitrogens with one attached hydrogen (secondary N) is 1. The largest absolute Gasteiger partial charge is 0.481 e. The zero-order chi connectivity index (χ0) is 16.3. The van der Waals surface area contributed by atoms with Crippen molar-refractivity contribution < 1.29 is 19.1 Å². The van der Waals surface area contributed by atoms with Gasteiger partial charge in [-0.3, -0.25) is 4.79 Å². The molecule has 22 heavy (non-hydrogen) atoms. The molecular weight excluding hydrogens is 284 g/mol. The zero-order valence-electron chi connectivity index (χ0n) is 12.9. The van der Waals surface area contributed by atoms with Crippen molar-refractivity contribution in [2.75, 3.05) is 13.6 Å². The summed E-state index contributed by atoms with van der Waals surface area (Å²) in [5, 5.41) is 12.5. The molecule has 118 valence electrons. The molecule has 0 saturated heterocycles. The third-order valence-corrected chi connectivity index (χ3v) is 3.62. The number of urea groups is 1. The lowest BCUT2D eigenvalue weighted by atomic mass is 10.1. The van der Waals surface area contributed by atoms with Crippen LogP contribution in [0.1, 0.15) is 30.7 Å². The third-order valence-electron chi connectivity index (χ3n) is 3.62. The van der Waals surface area contributed by atoms with Gasteiger partial charge in [0, 0.05) is 24.5 Å². The topological polar surface area (TPSA) is 82.8 Å². The summed E-state index contributed by atoms with van der Waals surface area (Å²) in [4.78, 5) is 23.9. The second kappa shape index (κ2) is 6.51. The Hall–Kier alpha value is -2.50. The molecule has 2 N–H and O–H groups in total. The van der Waals surface area contributed by atoms with Gasteiger partial charge in [-0.1, -0.05) is 18.2 Å². The van der Waals surface area contributed by atoms with Crippen LogP contribution in [0.15, 0.2) is 28.7 Å². The molecule has 0 fully saturated rings. The van der Waals surface area contributed by atoms with Gasteiger partial charge in [0.15, 0.2) is 0 Å². The predicted molar refractivity (Wildman–Crippen MR) is 82.8 cm³/mol. The van der Waals surface area contributed by atoms with Crippen LogP contribution in [0.2, 0.25) is 0 Å². The van der Waals surface area contributed by atoms with Gasteiger partial charge in [-0.25, -0.2) is 4.79 Å². The molecule has 6 heteroatoms. The van der Waals surface area contributed by atoms with Crippen LogP contribution in [0.4, 0.5) is 4.79 Å². The van der Waals surface area contributed by atoms with E-state index in [0.717, 1.165) is 16.5 Å². The van der Waals surface area contributed by atoms with Gasteiger partial charge in [-0.2, -0.15) is 0 Å². The van der Waals surface area contributed by atoms with E-state index in [9.17, 15) is 9.59 Å². The summed E-state index contributed by atoms with van der Waals surface area (Å²) in [6, 6.07) is 7.08. The molecule has 2 amide bonds. The summed E-state index contributed by atoms with van der Waals surface area (Å²) in [6.07, 6.45) is -0.0814. The normalized spacial score (nSPS) is 12.1. The number of furan rings is 1. The Bertz CT molecular complexity index is 693. The molecule has 1 unspecified atom stereocenters. The molecule has 0 aliphatic heterocycles. The number of aliphatic carboxylic acids is 1. The second-order valence-electron chi connectivity index (χ2n) is 5.32. The first-order valence-corrected chi connectivity index (χ1v) is 7.11. The number of fused-ring (bicyclic) bond motifs is 1. The van der Waals surface area contributed by atoms with Gasteiger partial charge in [0.05, 0.1) is 12.5 Å². The molecule has 0 aliphatic carbocycles. The van der Waals surface area contributed by atoms with Crippen LogP contribution < -0.4 is 5.32 Å². The predicted octanol–water partition coefficient (Wildman–Crippen LogP) is 2.92. The van der Waals surface area contributed by atoms with Gasteiger partial charge in [0.1, 0.15) is 11.3 Å². The van der Waals surface area contributed by atoms with Gasteiger partial charge >= 0.3 is 12.0 Å². The molecule has 6 nitrogen and oxygen atoms in total. The van der Waals surface area contributed by atoms with Gasteiger partial charge in [0.25, 0.3) is 0 Å². The lowest BCUT2D eigenvalue weighted by molar-refractivity contribution is -0.137. The number of carboxylic acid groups (broad SMARTS) is 1. The van der Waals surface area contributed by atoms with E-state index in [0.29, 0.717) is 5.76 Å². The van der Waals surface area contributed by atoms with E-state index in [2.05, 4.69) is 5.32 Å². The number of hydrogen-bond donors (Lipinski definition) is 2. The number of aryl methyl sites for hydroxylation is 1. The highest BCUT2D eigenvalue weighted by Crippen LogP contribution is 2.29. The lowest BCUT2D eigenvalue weighted by Gasteiger charge is -2.20. The van der Waals surface area contributed by atoms with E-state index in [-0.39, 0.29) is 25.0 Å². The summed E-state index contributed by atoms with van der Waals surface area (Å²) in [6.45, 7) is 3.96. The van der Waals surface area contributed by atoms with Crippen molar-refractivity contribution >= 4 is 23.0 Å². The van der Waals surface area contributed by atoms with Crippen molar-refractivity contribution in [3.05, 3.63) is 35.6 Å². The number of rotatable bonds is 5. The summed E-state index contributed by atoms with van der Waals surface area (Å²) < 4.78 is 5.81. The standard InChI is InChI=1S/C16H20N2O4/c1-10-12-6-4-5-7-13(12)22-15(10)11(2)17-16(21)18(3)9-8-14(19)20/h4-7,11H,8-9H2,1-3H3,(H,17,21)(H,19,20). The maximum absolute atomic E-state index is 12.0. The molecule has 0 bridgehead atoms. The molecule has 1 aromatic carbocycles. The Balaban J connectivity index is 2.07. The molecule has 1 aromatic heterocycles. The van der Waals surface area contributed by atoms with Crippen LogP contribution in [-0.4, -0.2) is 35.6 Å². The number of amides is 2. The SMILES string of the molecule is Cc1c(C(C)NC(=O)N(C)CCC(=O)O)oc2ccccc12. The van der Waals surface area contributed by atoms with E-state index in [4.69, 9.17) is 9.52 Å². The smallest absolute Gasteiger partial charge is 0.317 e. The van der Waals surface area contributed by atoms with E-state index in [1.165, 1.54) is 4.90 Å². The maximum atomic E-state index is 12.0. The number of nitrogens with zero attached hydrogens (tertiary/aromatic N) is 1. The average Bonchev–Trinajstić information content (AvgIpc) is 2.82. The number of carbonyl (C=O) groups is 2. The summed E-state index contributed by atoms with van der Waals surface area (Å²) >= 11 is 0. The van der Waals surface area contributed by atoms with E-state index >= 15 is 0 Å². The zero-order valence-corrected chi connectivity index (χ0v) is 12.9. The molecule has 0 radical (unpaired) electrons. The minimum Gasteiger partial charge on any atom is -0.481 e. The highest BCUT2D eigenvalue weighted by molar-refractivity contribution is 5.82. The quantitative estimate of drug-likeness (QED) is 0.889. The average molecular weight is 304 g/mol. The minimum atomic E-state index is -0.930. The Morgan fingerprint density at radius 1 is 1.36 bits per heavy atom. The van der Waals surface area contributed by atoms with Crippen LogP contribution in [0.5, 0.6) is 0 Å². The first-order valence-electron chi connectivity index (χ1n) is 7.11. The Labute approximate surface area is 128 Å². The Morgan fingerprint density at radius 3 is 2.68 bits per heavy atom. The number of para-hydroxylation sites is 1. The number of benzene rings is 1. The number of carbonyl (C=O) groups excluding carboxylic acids is 1. The van der Waals surface area contributed by atoms with Crippen molar-refractivity contribution in [2.24, 2.45) is 0 Å². The monoisotopic (exact) mass is 304 g/mol. The van der Waals surface area contributed by atoms with Crippen molar-refractivity contribution in [2.45, 2.75) is 26.3 Å². The lowest BCUT2D eigenvalue weighted by Crippen LogP contribution is -2.39. The van der Waals surface area contributed by atoms with Crippen LogP contribution in [-0.2, 0) is 4.79 Å². The highest BCUT2D eigenvalue weighted by Gasteiger charge is 2.20. The van der Waals surface area contributed by atoms with Gasteiger partial charge < -0.3 is 19.7 Å². The number of carboxylic acids is 1. The summed E-state index contributed by atoms with van der Waals surface area (Å²) in [5.74, 6) is -0.220. The summed E-state index contributed by atoms with van der Waals surface area (Å²) in [5.41, 5.74) is 1.78. The molecular formula is C16H20N2O4. The van der Waals surface area contributed by atoms with Crippen LogP contribution in [0, 0.1) is 6.92 Å². The van der Waals surface area contributed by atoms with Crippen molar-refractivity contribution in [3.8, 4) is 0 Å². The van der Waals surface area contributed by atoms with Crippen molar-refractivity contribution in [1.82, 2.24) is 10.2 Å². The molecule has 2 aromatic rings. The number of hydrogen-bond acceptors (Lipinski definition) is 3. The Kier molecular flexibility index (Phi) is 4.70. The molecule has 1 atom stereocenters. The third kappa shape index (κ3) is 3.39. The minimum absolute atomic E-state index is 0.0814. The second-order valence-corrected chi connectivity index (χ2v) is 5.32. The van der Waals surface area contributed by atoms with E-state index in [1.54, 1.807) is 7.05 Å². The maximum Gasteiger partial charge on any atom is 0.317 e. The van der Waals surface area contributed by atoms with Crippen LogP contribution >= 0.6 is 0 Å². The molecule has 2 rings (SSSR count). The van der Waals surface area contributed by atoms with Gasteiger partial charge in [-0.15, -0.1) is 0 Å². The fourth-order valence-electron chi connectivity index (χ4n) is 2.33. The summed E-state index contributed by atoms with van der Waals surface area (Å²) in [7, 11) is 1.57. The van der Waals surface area contributed by atoms with Crippen molar-refractivity contribution in [3.63, 3.8) is 0 Å². The molecule has 1 heterocycles. The van der Waals surface area contributed by atoms with Crippen molar-refractivity contribution in [1.29, 1.82) is 0 Å². The molecule has 0 saturated carbocycles. The first kappa shape index (κ1) is 15.9. The molecule has 0 aliphatic rings. The highest BCUT2D eigenvalue weighted by atomic mass is 16.4. The fraction of sp³-hybridized carbons (Fsp3) is 0.375. The first-order chi connectivity index (χ1) is 10.4. The van der Waals surface area contributed by atoms with E-state index < -0.39 is 5.97 Å². The Morgan fingerprint density at radius 2 is 2.05 bits per heavy atom. The van der Waals surface area contributed by atoms with Gasteiger partial charge in [0.2, 0.25) is 0 Å². The van der Waals surface area contributed by atoms with Gasteiger partial charge in [-0.05, 0) is 19.9 Å². The molecule has 0 spiro atoms. The van der Waals surface area contributed by atoms with Crippen LogP contribution in [0.3, 0.4) is 0 Å². The fourth-order valence-corrected chi connectivity index (χ4v) is 2.33. The van der Waals surface area contributed by atoms with E-state index in [1.807, 2.05) is 38.1 Å².